The maximum Gasteiger partial charge on any atom is 0.228 e. The summed E-state index contributed by atoms with van der Waals surface area (Å²) in [6.07, 6.45) is 2.09. The van der Waals surface area contributed by atoms with Crippen molar-refractivity contribution in [1.29, 1.82) is 0 Å². The van der Waals surface area contributed by atoms with Gasteiger partial charge >= 0.3 is 0 Å². The van der Waals surface area contributed by atoms with E-state index in [1.54, 1.807) is 11.1 Å². The summed E-state index contributed by atoms with van der Waals surface area (Å²) in [7, 11) is 0. The number of carbonyl (C=O) groups excluding carboxylic acids is 1. The molecule has 16 heavy (non-hydrogen) atoms. The van der Waals surface area contributed by atoms with Crippen LogP contribution in [0.3, 0.4) is 0 Å². The zero-order valence-electron chi connectivity index (χ0n) is 8.16. The summed E-state index contributed by atoms with van der Waals surface area (Å²) < 4.78 is 0.488. The molecule has 0 N–H and O–H groups in total. The summed E-state index contributed by atoms with van der Waals surface area (Å²) in [5.41, 5.74) is 0. The first kappa shape index (κ1) is 12.3. The van der Waals surface area contributed by atoms with Gasteiger partial charge in [0.15, 0.2) is 11.0 Å². The summed E-state index contributed by atoms with van der Waals surface area (Å²) in [6.45, 7) is 0.663. The minimum atomic E-state index is 0.0668. The van der Waals surface area contributed by atoms with E-state index in [4.69, 9.17) is 11.6 Å². The second kappa shape index (κ2) is 4.98. The highest BCUT2D eigenvalue weighted by molar-refractivity contribution is 9.10. The second-order valence-corrected chi connectivity index (χ2v) is 5.30. The largest absolute Gasteiger partial charge is 0.295 e. The van der Waals surface area contributed by atoms with E-state index in [1.807, 2.05) is 0 Å². The average molecular weight is 369 g/mol. The first-order valence-electron chi connectivity index (χ1n) is 4.66. The number of carbonyl (C=O) groups is 1. The van der Waals surface area contributed by atoms with E-state index in [-0.39, 0.29) is 11.1 Å². The van der Waals surface area contributed by atoms with Gasteiger partial charge in [-0.25, -0.2) is 9.97 Å². The van der Waals surface area contributed by atoms with Crippen LogP contribution in [0, 0.1) is 5.92 Å². The molecule has 1 aromatic heterocycles. The predicted octanol–water partition coefficient (Wildman–Crippen LogP) is 2.64. The Bertz CT molecular complexity index is 429. The van der Waals surface area contributed by atoms with Gasteiger partial charge in [0, 0.05) is 18.3 Å². The van der Waals surface area contributed by atoms with Gasteiger partial charge in [0.25, 0.3) is 0 Å². The lowest BCUT2D eigenvalue weighted by Crippen LogP contribution is -2.25. The van der Waals surface area contributed by atoms with Gasteiger partial charge < -0.3 is 0 Å². The van der Waals surface area contributed by atoms with Crippen molar-refractivity contribution in [3.8, 4) is 0 Å². The smallest absolute Gasteiger partial charge is 0.228 e. The molecule has 0 aliphatic carbocycles. The van der Waals surface area contributed by atoms with Crippen molar-refractivity contribution < 1.29 is 4.79 Å². The lowest BCUT2D eigenvalue weighted by Gasteiger charge is -2.14. The normalized spacial score (nSPS) is 20.6. The van der Waals surface area contributed by atoms with E-state index in [0.29, 0.717) is 29.3 Å². The van der Waals surface area contributed by atoms with Gasteiger partial charge in [-0.15, -0.1) is 0 Å². The number of rotatable bonds is 2. The molecule has 4 nitrogen and oxygen atoms in total. The van der Waals surface area contributed by atoms with Crippen LogP contribution in [-0.4, -0.2) is 27.7 Å². The van der Waals surface area contributed by atoms with Crippen molar-refractivity contribution >= 4 is 55.2 Å². The Morgan fingerprint density at radius 1 is 1.62 bits per heavy atom. The van der Waals surface area contributed by atoms with E-state index in [0.717, 1.165) is 5.33 Å². The number of amides is 1. The Morgan fingerprint density at radius 2 is 2.38 bits per heavy atom. The molecule has 1 amide bonds. The first-order chi connectivity index (χ1) is 7.61. The zero-order chi connectivity index (χ0) is 11.7. The van der Waals surface area contributed by atoms with Crippen LogP contribution in [0.25, 0.3) is 0 Å². The SMILES string of the molecule is O=C1CC(CBr)CN1c1cnc(Br)c(Cl)n1. The van der Waals surface area contributed by atoms with Gasteiger partial charge in [0.2, 0.25) is 5.91 Å². The number of alkyl halides is 1. The maximum atomic E-state index is 11.7. The molecule has 2 rings (SSSR count). The molecule has 1 atom stereocenters. The van der Waals surface area contributed by atoms with Gasteiger partial charge in [0.1, 0.15) is 4.60 Å². The van der Waals surface area contributed by atoms with Crippen molar-refractivity contribution in [2.24, 2.45) is 5.92 Å². The highest BCUT2D eigenvalue weighted by Gasteiger charge is 2.31. The standard InChI is InChI=1S/C9H8Br2ClN3O/c10-2-5-1-7(16)15(4-5)6-3-13-8(11)9(12)14-6/h3,5H,1-2,4H2. The quantitative estimate of drug-likeness (QED) is 0.753. The number of anilines is 1. The van der Waals surface area contributed by atoms with E-state index in [9.17, 15) is 4.79 Å². The number of aromatic nitrogens is 2. The molecule has 1 unspecified atom stereocenters. The van der Waals surface area contributed by atoms with Crippen LogP contribution in [0.2, 0.25) is 5.15 Å². The third-order valence-corrected chi connectivity index (χ3v) is 4.36. The van der Waals surface area contributed by atoms with E-state index in [1.165, 1.54) is 0 Å². The predicted molar refractivity (Wildman–Crippen MR) is 69.0 cm³/mol. The van der Waals surface area contributed by atoms with Crippen molar-refractivity contribution in [3.05, 3.63) is 16.0 Å². The second-order valence-electron chi connectivity index (χ2n) is 3.54. The molecule has 0 saturated carbocycles. The minimum Gasteiger partial charge on any atom is -0.295 e. The van der Waals surface area contributed by atoms with Crippen LogP contribution < -0.4 is 4.90 Å². The molecule has 1 saturated heterocycles. The fourth-order valence-corrected chi connectivity index (χ4v) is 2.34. The molecule has 7 heteroatoms. The van der Waals surface area contributed by atoms with Gasteiger partial charge in [-0.1, -0.05) is 27.5 Å². The molecule has 1 aromatic rings. The van der Waals surface area contributed by atoms with Crippen LogP contribution in [0.5, 0.6) is 0 Å². The topological polar surface area (TPSA) is 46.1 Å². The van der Waals surface area contributed by atoms with Crippen LogP contribution in [0.1, 0.15) is 6.42 Å². The van der Waals surface area contributed by atoms with Crippen LogP contribution in [0.15, 0.2) is 10.8 Å². The molecule has 0 aromatic carbocycles. The van der Waals surface area contributed by atoms with Crippen LogP contribution in [0.4, 0.5) is 5.82 Å². The van der Waals surface area contributed by atoms with Gasteiger partial charge in [0.05, 0.1) is 6.20 Å². The fourth-order valence-electron chi connectivity index (χ4n) is 1.58. The molecule has 1 fully saturated rings. The van der Waals surface area contributed by atoms with Gasteiger partial charge in [-0.3, -0.25) is 9.69 Å². The van der Waals surface area contributed by atoms with Gasteiger partial charge in [-0.2, -0.15) is 0 Å². The highest BCUT2D eigenvalue weighted by Crippen LogP contribution is 2.27. The summed E-state index contributed by atoms with van der Waals surface area (Å²) in [5.74, 6) is 0.913. The van der Waals surface area contributed by atoms with E-state index >= 15 is 0 Å². The van der Waals surface area contributed by atoms with Crippen molar-refractivity contribution in [3.63, 3.8) is 0 Å². The third kappa shape index (κ3) is 2.38. The third-order valence-electron chi connectivity index (χ3n) is 2.38. The molecule has 86 valence electrons. The fraction of sp³-hybridized carbons (Fsp3) is 0.444. The Morgan fingerprint density at radius 3 is 2.94 bits per heavy atom. The van der Waals surface area contributed by atoms with E-state index < -0.39 is 0 Å². The summed E-state index contributed by atoms with van der Waals surface area (Å²) in [4.78, 5) is 21.5. The van der Waals surface area contributed by atoms with Crippen molar-refractivity contribution in [1.82, 2.24) is 9.97 Å². The zero-order valence-corrected chi connectivity index (χ0v) is 12.1. The molecular formula is C9H8Br2ClN3O. The summed E-state index contributed by atoms with van der Waals surface area (Å²) in [5, 5.41) is 1.08. The average Bonchev–Trinajstić information content (AvgIpc) is 2.64. The van der Waals surface area contributed by atoms with Crippen molar-refractivity contribution in [2.45, 2.75) is 6.42 Å². The maximum absolute atomic E-state index is 11.7. The van der Waals surface area contributed by atoms with E-state index in [2.05, 4.69) is 41.8 Å². The number of nitrogens with zero attached hydrogens (tertiary/aromatic N) is 3. The molecule has 0 bridgehead atoms. The van der Waals surface area contributed by atoms with Crippen LogP contribution >= 0.6 is 43.5 Å². The number of hydrogen-bond donors (Lipinski definition) is 0. The molecule has 2 heterocycles. The minimum absolute atomic E-state index is 0.0668. The lowest BCUT2D eigenvalue weighted by atomic mass is 10.2. The Labute approximate surface area is 115 Å². The van der Waals surface area contributed by atoms with Crippen LogP contribution in [-0.2, 0) is 4.79 Å². The monoisotopic (exact) mass is 367 g/mol. The number of halogens is 3. The van der Waals surface area contributed by atoms with Crippen molar-refractivity contribution in [2.75, 3.05) is 16.8 Å². The molecule has 1 aliphatic heterocycles. The Balaban J connectivity index is 2.24. The molecule has 1 aliphatic rings. The molecular weight excluding hydrogens is 361 g/mol. The Hall–Kier alpha value is -0.200. The lowest BCUT2D eigenvalue weighted by molar-refractivity contribution is -0.117. The summed E-state index contributed by atoms with van der Waals surface area (Å²) in [6, 6.07) is 0. The Kier molecular flexibility index (Phi) is 3.81. The molecule has 0 spiro atoms. The summed E-state index contributed by atoms with van der Waals surface area (Å²) >= 11 is 12.4. The highest BCUT2D eigenvalue weighted by atomic mass is 79.9. The first-order valence-corrected chi connectivity index (χ1v) is 6.95. The molecule has 0 radical (unpaired) electrons. The number of hydrogen-bond acceptors (Lipinski definition) is 3. The van der Waals surface area contributed by atoms with Gasteiger partial charge in [-0.05, 0) is 21.8 Å².